The minimum Gasteiger partial charge on any atom is -0.418 e. The molecule has 0 bridgehead atoms. The Morgan fingerprint density at radius 2 is 1.89 bits per heavy atom. The van der Waals surface area contributed by atoms with E-state index in [1.807, 2.05) is 20.8 Å². The highest BCUT2D eigenvalue weighted by molar-refractivity contribution is 5.98. The van der Waals surface area contributed by atoms with Crippen LogP contribution in [0, 0.1) is 0 Å². The second kappa shape index (κ2) is 7.70. The number of Topliss-reactive ketones (excluding diaryl/α,β-unsaturated/α-hetero) is 1. The van der Waals surface area contributed by atoms with Crippen LogP contribution in [0.1, 0.15) is 89.2 Å². The van der Waals surface area contributed by atoms with Gasteiger partial charge in [-0.1, -0.05) is 26.2 Å². The largest absolute Gasteiger partial charge is 0.418 e. The molecule has 1 N–H and O–H groups in total. The average Bonchev–Trinajstić information content (AvgIpc) is 3.29. The summed E-state index contributed by atoms with van der Waals surface area (Å²) in [5, 5.41) is 11.4. The van der Waals surface area contributed by atoms with Crippen molar-refractivity contribution in [2.24, 2.45) is 0 Å². The first kappa shape index (κ1) is 20.0. The molecule has 1 aliphatic carbocycles. The minimum atomic E-state index is -0.494. The Morgan fingerprint density at radius 3 is 2.56 bits per heavy atom. The number of nitrogens with one attached hydrogen (secondary N) is 1. The molecule has 0 spiro atoms. The molecule has 1 amide bonds. The number of nitrogens with zero attached hydrogens (tertiary/aromatic N) is 3. The Balaban J connectivity index is 1.68. The lowest BCUT2D eigenvalue weighted by Crippen LogP contribution is -2.48. The van der Waals surface area contributed by atoms with Gasteiger partial charge in [-0.25, -0.2) is 0 Å². The average molecular weight is 377 g/mol. The first-order valence-corrected chi connectivity index (χ1v) is 10.1. The monoisotopic (exact) mass is 376 g/mol. The van der Waals surface area contributed by atoms with Crippen LogP contribution >= 0.6 is 0 Å². The fourth-order valence-corrected chi connectivity index (χ4v) is 4.04. The SMILES string of the molecule is CC(C)(C)NCC(=O)N1CCC[C@H]1C(=O)c1nnc(C2(C)CCCCC2)o1. The molecule has 150 valence electrons. The number of carbonyl (C=O) groups is 2. The smallest absolute Gasteiger partial charge is 0.286 e. The second-order valence-electron chi connectivity index (χ2n) is 9.25. The van der Waals surface area contributed by atoms with Gasteiger partial charge in [0.2, 0.25) is 17.6 Å². The van der Waals surface area contributed by atoms with Gasteiger partial charge in [-0.05, 0) is 46.5 Å². The van der Waals surface area contributed by atoms with E-state index in [9.17, 15) is 9.59 Å². The van der Waals surface area contributed by atoms with Gasteiger partial charge in [-0.15, -0.1) is 10.2 Å². The summed E-state index contributed by atoms with van der Waals surface area (Å²) in [7, 11) is 0. The lowest BCUT2D eigenvalue weighted by molar-refractivity contribution is -0.130. The summed E-state index contributed by atoms with van der Waals surface area (Å²) >= 11 is 0. The normalized spacial score (nSPS) is 22.8. The van der Waals surface area contributed by atoms with E-state index in [2.05, 4.69) is 22.4 Å². The van der Waals surface area contributed by atoms with Crippen molar-refractivity contribution in [2.75, 3.05) is 13.1 Å². The molecule has 1 atom stereocenters. The molecule has 1 saturated carbocycles. The number of aromatic nitrogens is 2. The van der Waals surface area contributed by atoms with Gasteiger partial charge in [-0.3, -0.25) is 9.59 Å². The summed E-state index contributed by atoms with van der Waals surface area (Å²) in [5.41, 5.74) is -0.280. The highest BCUT2D eigenvalue weighted by atomic mass is 16.4. The Morgan fingerprint density at radius 1 is 1.19 bits per heavy atom. The predicted octanol–water partition coefficient (Wildman–Crippen LogP) is 2.85. The van der Waals surface area contributed by atoms with Gasteiger partial charge in [0.15, 0.2) is 0 Å². The molecule has 27 heavy (non-hydrogen) atoms. The van der Waals surface area contributed by atoms with Crippen LogP contribution in [-0.4, -0.2) is 51.5 Å². The van der Waals surface area contributed by atoms with Gasteiger partial charge < -0.3 is 14.6 Å². The number of rotatable bonds is 5. The van der Waals surface area contributed by atoms with Crippen LogP contribution < -0.4 is 5.32 Å². The van der Waals surface area contributed by atoms with E-state index in [1.165, 1.54) is 6.42 Å². The van der Waals surface area contributed by atoms with Gasteiger partial charge >= 0.3 is 0 Å². The summed E-state index contributed by atoms with van der Waals surface area (Å²) in [4.78, 5) is 27.2. The van der Waals surface area contributed by atoms with E-state index >= 15 is 0 Å². The first-order valence-electron chi connectivity index (χ1n) is 10.1. The van der Waals surface area contributed by atoms with Crippen molar-refractivity contribution >= 4 is 11.7 Å². The van der Waals surface area contributed by atoms with Gasteiger partial charge in [0.05, 0.1) is 6.54 Å². The van der Waals surface area contributed by atoms with Gasteiger partial charge in [0.25, 0.3) is 5.89 Å². The summed E-state index contributed by atoms with van der Waals surface area (Å²) in [6.45, 7) is 8.99. The maximum atomic E-state index is 13.0. The van der Waals surface area contributed by atoms with Gasteiger partial charge in [0.1, 0.15) is 6.04 Å². The van der Waals surface area contributed by atoms with Crippen molar-refractivity contribution in [3.05, 3.63) is 11.8 Å². The molecular formula is C20H32N4O3. The molecule has 1 aromatic heterocycles. The molecule has 1 aromatic rings. The summed E-state index contributed by atoms with van der Waals surface area (Å²) in [6, 6.07) is -0.494. The maximum Gasteiger partial charge on any atom is 0.286 e. The molecule has 7 heteroatoms. The number of hydrogen-bond acceptors (Lipinski definition) is 6. The van der Waals surface area contributed by atoms with Gasteiger partial charge in [-0.2, -0.15) is 0 Å². The van der Waals surface area contributed by atoms with E-state index in [0.717, 1.165) is 32.1 Å². The zero-order valence-corrected chi connectivity index (χ0v) is 17.0. The van der Waals surface area contributed by atoms with Crippen molar-refractivity contribution < 1.29 is 14.0 Å². The third-order valence-corrected chi connectivity index (χ3v) is 5.75. The predicted molar refractivity (Wildman–Crippen MR) is 102 cm³/mol. The zero-order chi connectivity index (χ0) is 19.7. The van der Waals surface area contributed by atoms with Crippen LogP contribution in [0.15, 0.2) is 4.42 Å². The quantitative estimate of drug-likeness (QED) is 0.795. The molecule has 3 rings (SSSR count). The number of likely N-dealkylation sites (tertiary alicyclic amines) is 1. The van der Waals surface area contributed by atoms with E-state index in [1.54, 1.807) is 4.90 Å². The van der Waals surface area contributed by atoms with Crippen LogP contribution in [0.25, 0.3) is 0 Å². The van der Waals surface area contributed by atoms with Crippen LogP contribution in [-0.2, 0) is 10.2 Å². The van der Waals surface area contributed by atoms with Gasteiger partial charge in [0, 0.05) is 17.5 Å². The van der Waals surface area contributed by atoms with Crippen molar-refractivity contribution in [1.82, 2.24) is 20.4 Å². The third kappa shape index (κ3) is 4.57. The Labute approximate surface area is 161 Å². The Kier molecular flexibility index (Phi) is 5.70. The van der Waals surface area contributed by atoms with Crippen molar-refractivity contribution in [3.8, 4) is 0 Å². The van der Waals surface area contributed by atoms with E-state index in [0.29, 0.717) is 18.9 Å². The molecule has 2 heterocycles. The van der Waals surface area contributed by atoms with Crippen LogP contribution in [0.4, 0.5) is 0 Å². The molecular weight excluding hydrogens is 344 g/mol. The van der Waals surface area contributed by atoms with Crippen molar-refractivity contribution in [3.63, 3.8) is 0 Å². The number of hydrogen-bond donors (Lipinski definition) is 1. The van der Waals surface area contributed by atoms with Crippen LogP contribution in [0.2, 0.25) is 0 Å². The first-order chi connectivity index (χ1) is 12.7. The molecule has 2 aliphatic rings. The number of ketones is 1. The third-order valence-electron chi connectivity index (χ3n) is 5.75. The highest BCUT2D eigenvalue weighted by Crippen LogP contribution is 2.38. The summed E-state index contributed by atoms with van der Waals surface area (Å²) in [5.74, 6) is 0.329. The number of amides is 1. The standard InChI is InChI=1S/C20H32N4O3/c1-19(2,3)21-13-15(25)24-12-8-9-14(24)16(26)17-22-23-18(27-17)20(4)10-6-5-7-11-20/h14,21H,5-13H2,1-4H3/t14-/m0/s1. The molecule has 1 aliphatic heterocycles. The molecule has 1 saturated heterocycles. The molecule has 7 nitrogen and oxygen atoms in total. The van der Waals surface area contributed by atoms with Crippen molar-refractivity contribution in [1.29, 1.82) is 0 Å². The maximum absolute atomic E-state index is 13.0. The Bertz CT molecular complexity index is 686. The highest BCUT2D eigenvalue weighted by Gasteiger charge is 2.39. The fourth-order valence-electron chi connectivity index (χ4n) is 4.04. The second-order valence-corrected chi connectivity index (χ2v) is 9.25. The topological polar surface area (TPSA) is 88.3 Å². The molecule has 2 fully saturated rings. The zero-order valence-electron chi connectivity index (χ0n) is 17.0. The molecule has 0 unspecified atom stereocenters. The van der Waals surface area contributed by atoms with Crippen molar-refractivity contribution in [2.45, 2.75) is 89.6 Å². The number of carbonyl (C=O) groups excluding carboxylic acids is 2. The lowest BCUT2D eigenvalue weighted by Gasteiger charge is -2.29. The van der Waals surface area contributed by atoms with Crippen LogP contribution in [0.3, 0.4) is 0 Å². The summed E-state index contributed by atoms with van der Waals surface area (Å²) in [6.07, 6.45) is 7.01. The van der Waals surface area contributed by atoms with Crippen LogP contribution in [0.5, 0.6) is 0 Å². The minimum absolute atomic E-state index is 0.0466. The van der Waals surface area contributed by atoms with E-state index < -0.39 is 6.04 Å². The van der Waals surface area contributed by atoms with E-state index in [4.69, 9.17) is 4.42 Å². The summed E-state index contributed by atoms with van der Waals surface area (Å²) < 4.78 is 5.82. The molecule has 0 aromatic carbocycles. The lowest BCUT2D eigenvalue weighted by atomic mass is 9.76. The van der Waals surface area contributed by atoms with E-state index in [-0.39, 0.29) is 35.1 Å². The fraction of sp³-hybridized carbons (Fsp3) is 0.800. The Hall–Kier alpha value is -1.76. The molecule has 0 radical (unpaired) electrons.